The zero-order valence-corrected chi connectivity index (χ0v) is 12.5. The summed E-state index contributed by atoms with van der Waals surface area (Å²) in [5.41, 5.74) is 0.342. The van der Waals surface area contributed by atoms with E-state index in [1.165, 1.54) is 32.4 Å². The number of carboxylic acids is 1. The second-order valence-corrected chi connectivity index (χ2v) is 5.80. The number of nitrogens with one attached hydrogen (secondary N) is 2. The molecule has 0 saturated carbocycles. The topological polar surface area (TPSA) is 105 Å². The normalized spacial score (nSPS) is 10.7. The summed E-state index contributed by atoms with van der Waals surface area (Å²) in [6.07, 6.45) is -0.289. The highest BCUT2D eigenvalue weighted by Crippen LogP contribution is 2.25. The molecule has 0 spiro atoms. The molecule has 0 bridgehead atoms. The predicted octanol–water partition coefficient (Wildman–Crippen LogP) is 0.105. The number of ether oxygens (including phenoxy) is 1. The SMILES string of the molecule is CNC(=S)NS(=O)(=O)c1cc(CC(=O)O)ccc1OC. The van der Waals surface area contributed by atoms with Crippen molar-refractivity contribution in [3.63, 3.8) is 0 Å². The molecule has 0 saturated heterocycles. The van der Waals surface area contributed by atoms with Crippen molar-refractivity contribution in [1.82, 2.24) is 10.0 Å². The molecule has 0 atom stereocenters. The number of methoxy groups -OCH3 is 1. The molecule has 0 aliphatic rings. The summed E-state index contributed by atoms with van der Waals surface area (Å²) in [5.74, 6) is -0.956. The summed E-state index contributed by atoms with van der Waals surface area (Å²) >= 11 is 4.75. The molecule has 3 N–H and O–H groups in total. The first kappa shape index (κ1) is 16.2. The maximum atomic E-state index is 12.2. The van der Waals surface area contributed by atoms with E-state index in [4.69, 9.17) is 22.1 Å². The molecule has 0 aliphatic carbocycles. The first-order chi connectivity index (χ1) is 9.30. The molecular formula is C11H14N2O5S2. The quantitative estimate of drug-likeness (QED) is 0.662. The number of sulfonamides is 1. The molecule has 0 amide bonds. The van der Waals surface area contributed by atoms with E-state index in [0.29, 0.717) is 5.56 Å². The van der Waals surface area contributed by atoms with Crippen molar-refractivity contribution in [2.75, 3.05) is 14.2 Å². The molecule has 0 unspecified atom stereocenters. The van der Waals surface area contributed by atoms with E-state index in [-0.39, 0.29) is 22.2 Å². The molecule has 0 aliphatic heterocycles. The van der Waals surface area contributed by atoms with Gasteiger partial charge in [-0.05, 0) is 29.9 Å². The van der Waals surface area contributed by atoms with E-state index in [0.717, 1.165) is 0 Å². The van der Waals surface area contributed by atoms with Crippen molar-refractivity contribution < 1.29 is 23.1 Å². The van der Waals surface area contributed by atoms with Crippen molar-refractivity contribution >= 4 is 33.3 Å². The number of hydrogen-bond donors (Lipinski definition) is 3. The van der Waals surface area contributed by atoms with Crippen LogP contribution in [-0.4, -0.2) is 38.8 Å². The summed E-state index contributed by atoms with van der Waals surface area (Å²) < 4.78 is 31.4. The van der Waals surface area contributed by atoms with Crippen LogP contribution in [0.2, 0.25) is 0 Å². The number of thiocarbonyl (C=S) groups is 1. The lowest BCUT2D eigenvalue weighted by molar-refractivity contribution is -0.136. The largest absolute Gasteiger partial charge is 0.495 e. The molecule has 0 fully saturated rings. The number of rotatable bonds is 5. The monoisotopic (exact) mass is 318 g/mol. The van der Waals surface area contributed by atoms with Gasteiger partial charge in [-0.25, -0.2) is 8.42 Å². The molecule has 0 heterocycles. The molecule has 1 rings (SSSR count). The van der Waals surface area contributed by atoms with E-state index in [1.54, 1.807) is 0 Å². The third-order valence-corrected chi connectivity index (χ3v) is 4.13. The van der Waals surface area contributed by atoms with Crippen molar-refractivity contribution in [3.8, 4) is 5.75 Å². The minimum atomic E-state index is -3.94. The maximum absolute atomic E-state index is 12.2. The first-order valence-electron chi connectivity index (χ1n) is 5.43. The molecular weight excluding hydrogens is 304 g/mol. The average Bonchev–Trinajstić information content (AvgIpc) is 2.37. The van der Waals surface area contributed by atoms with Crippen LogP contribution in [0.15, 0.2) is 23.1 Å². The lowest BCUT2D eigenvalue weighted by Crippen LogP contribution is -2.37. The van der Waals surface area contributed by atoms with Crippen LogP contribution < -0.4 is 14.8 Å². The highest BCUT2D eigenvalue weighted by Gasteiger charge is 2.21. The lowest BCUT2D eigenvalue weighted by atomic mass is 10.1. The summed E-state index contributed by atoms with van der Waals surface area (Å²) in [6, 6.07) is 4.13. The number of aliphatic carboxylic acids is 1. The van der Waals surface area contributed by atoms with Gasteiger partial charge in [0, 0.05) is 7.05 Å². The van der Waals surface area contributed by atoms with E-state index in [9.17, 15) is 13.2 Å². The van der Waals surface area contributed by atoms with Crippen LogP contribution in [-0.2, 0) is 21.2 Å². The Morgan fingerprint density at radius 3 is 2.60 bits per heavy atom. The molecule has 1 aromatic carbocycles. The molecule has 20 heavy (non-hydrogen) atoms. The van der Waals surface area contributed by atoms with Crippen molar-refractivity contribution in [1.29, 1.82) is 0 Å². The Morgan fingerprint density at radius 1 is 1.45 bits per heavy atom. The van der Waals surface area contributed by atoms with Gasteiger partial charge in [0.1, 0.15) is 10.6 Å². The second-order valence-electron chi connectivity index (χ2n) is 3.74. The zero-order valence-electron chi connectivity index (χ0n) is 10.8. The first-order valence-corrected chi connectivity index (χ1v) is 7.32. The van der Waals surface area contributed by atoms with Crippen molar-refractivity contribution in [2.24, 2.45) is 0 Å². The smallest absolute Gasteiger partial charge is 0.307 e. The Balaban J connectivity index is 3.25. The van der Waals surface area contributed by atoms with Gasteiger partial charge in [0.05, 0.1) is 13.5 Å². The highest BCUT2D eigenvalue weighted by atomic mass is 32.2. The Morgan fingerprint density at radius 2 is 2.10 bits per heavy atom. The van der Waals surface area contributed by atoms with Gasteiger partial charge in [0.2, 0.25) is 0 Å². The van der Waals surface area contributed by atoms with Gasteiger partial charge in [-0.2, -0.15) is 0 Å². The molecule has 0 radical (unpaired) electrons. The van der Waals surface area contributed by atoms with Gasteiger partial charge in [0.25, 0.3) is 10.0 Å². The summed E-state index contributed by atoms with van der Waals surface area (Å²) in [4.78, 5) is 10.5. The van der Waals surface area contributed by atoms with Crippen LogP contribution in [0.5, 0.6) is 5.75 Å². The summed E-state index contributed by atoms with van der Waals surface area (Å²) in [5, 5.41) is 11.2. The highest BCUT2D eigenvalue weighted by molar-refractivity contribution is 7.92. The second kappa shape index (κ2) is 6.53. The molecule has 0 aromatic heterocycles. The fraction of sp³-hybridized carbons (Fsp3) is 0.273. The van der Waals surface area contributed by atoms with E-state index < -0.39 is 16.0 Å². The van der Waals surface area contributed by atoms with Crippen molar-refractivity contribution in [3.05, 3.63) is 23.8 Å². The molecule has 1 aromatic rings. The Hall–Kier alpha value is -1.87. The van der Waals surface area contributed by atoms with E-state index in [2.05, 4.69) is 10.0 Å². The Kier molecular flexibility index (Phi) is 5.28. The van der Waals surface area contributed by atoms with Gasteiger partial charge >= 0.3 is 5.97 Å². The predicted molar refractivity (Wildman–Crippen MR) is 76.3 cm³/mol. The molecule has 7 nitrogen and oxygen atoms in total. The Bertz CT molecular complexity index is 628. The molecule has 9 heteroatoms. The van der Waals surface area contributed by atoms with Gasteiger partial charge in [0.15, 0.2) is 5.11 Å². The van der Waals surface area contributed by atoms with Crippen LogP contribution in [0.1, 0.15) is 5.56 Å². The van der Waals surface area contributed by atoms with Crippen molar-refractivity contribution in [2.45, 2.75) is 11.3 Å². The van der Waals surface area contributed by atoms with Gasteiger partial charge in [-0.3, -0.25) is 9.52 Å². The lowest BCUT2D eigenvalue weighted by Gasteiger charge is -2.12. The number of hydrogen-bond acceptors (Lipinski definition) is 5. The van der Waals surface area contributed by atoms with Crippen LogP contribution in [0, 0.1) is 0 Å². The fourth-order valence-corrected chi connectivity index (χ4v) is 2.95. The van der Waals surface area contributed by atoms with E-state index >= 15 is 0 Å². The van der Waals surface area contributed by atoms with Gasteiger partial charge in [-0.1, -0.05) is 6.07 Å². The standard InChI is InChI=1S/C11H14N2O5S2/c1-12-11(19)13-20(16,17)9-5-7(6-10(14)15)3-4-8(9)18-2/h3-5H,6H2,1-2H3,(H,14,15)(H2,12,13,19). The van der Waals surface area contributed by atoms with E-state index in [1.807, 2.05) is 0 Å². The number of carbonyl (C=O) groups is 1. The third-order valence-electron chi connectivity index (χ3n) is 2.33. The number of carboxylic acid groups (broad SMARTS) is 1. The van der Waals surface area contributed by atoms with Crippen LogP contribution >= 0.6 is 12.2 Å². The summed E-state index contributed by atoms with van der Waals surface area (Å²) in [7, 11) is -1.15. The van der Waals surface area contributed by atoms with Crippen LogP contribution in [0.3, 0.4) is 0 Å². The average molecular weight is 318 g/mol. The number of benzene rings is 1. The zero-order chi connectivity index (χ0) is 15.3. The summed E-state index contributed by atoms with van der Waals surface area (Å²) in [6.45, 7) is 0. The van der Waals surface area contributed by atoms with Gasteiger partial charge < -0.3 is 15.2 Å². The van der Waals surface area contributed by atoms with Crippen LogP contribution in [0.4, 0.5) is 0 Å². The van der Waals surface area contributed by atoms with Gasteiger partial charge in [-0.15, -0.1) is 0 Å². The van der Waals surface area contributed by atoms with Crippen LogP contribution in [0.25, 0.3) is 0 Å². The minimum absolute atomic E-state index is 0.0734. The maximum Gasteiger partial charge on any atom is 0.307 e. The minimum Gasteiger partial charge on any atom is -0.495 e. The Labute approximate surface area is 122 Å². The fourth-order valence-electron chi connectivity index (χ4n) is 1.44. The third kappa shape index (κ3) is 4.07. The molecule has 110 valence electrons.